The molecule has 2 aliphatic carbocycles. The van der Waals surface area contributed by atoms with Crippen LogP contribution in [0.1, 0.15) is 94.4 Å². The number of hydrogen-bond acceptors (Lipinski definition) is 5. The molecular formula is C30H51N5O5. The third kappa shape index (κ3) is 6.62. The number of carbonyl (C=O) groups excluding carboxylic acids is 5. The summed E-state index contributed by atoms with van der Waals surface area (Å²) in [6.07, 6.45) is 4.05. The Hall–Kier alpha value is -2.65. The Morgan fingerprint density at radius 1 is 0.950 bits per heavy atom. The number of carbonyl (C=O) groups is 5. The summed E-state index contributed by atoms with van der Waals surface area (Å²) in [6, 6.07) is -3.19. The quantitative estimate of drug-likeness (QED) is 0.303. The lowest BCUT2D eigenvalue weighted by Crippen LogP contribution is -2.62. The summed E-state index contributed by atoms with van der Waals surface area (Å²) in [7, 11) is 0. The lowest BCUT2D eigenvalue weighted by atomic mass is 9.80. The molecule has 5 amide bonds. The number of nitrogens with two attached hydrogens (primary N) is 1. The minimum atomic E-state index is -1.07. The number of hydrogen-bond donors (Lipinski definition) is 4. The minimum Gasteiger partial charge on any atom is -0.363 e. The van der Waals surface area contributed by atoms with Gasteiger partial charge in [-0.3, -0.25) is 19.2 Å². The zero-order valence-corrected chi connectivity index (χ0v) is 25.8. The number of Topliss-reactive ketones (excluding diaryl/α,β-unsaturated/α-hetero) is 1. The van der Waals surface area contributed by atoms with Gasteiger partial charge in [-0.05, 0) is 46.8 Å². The van der Waals surface area contributed by atoms with E-state index in [-0.39, 0.29) is 40.5 Å². The highest BCUT2D eigenvalue weighted by atomic mass is 16.2. The van der Waals surface area contributed by atoms with Gasteiger partial charge in [0.05, 0.1) is 6.04 Å². The van der Waals surface area contributed by atoms with Gasteiger partial charge in [0.2, 0.25) is 17.6 Å². The summed E-state index contributed by atoms with van der Waals surface area (Å²) in [6.45, 7) is 18.4. The highest BCUT2D eigenvalue weighted by molar-refractivity contribution is 6.37. The van der Waals surface area contributed by atoms with Gasteiger partial charge >= 0.3 is 6.03 Å². The van der Waals surface area contributed by atoms with E-state index in [0.29, 0.717) is 13.0 Å². The SMILES string of the molecule is CC[C@@H](NC(=O)N[C@H](C(=O)N1C[C@H]2[C@@H]([C@H]1C(=O)NC(CC1CCC1)C(=O)C(N)=O)C2(C)C)C(C)(C)C)C(C)(C)C. The van der Waals surface area contributed by atoms with Crippen LogP contribution in [0.2, 0.25) is 0 Å². The number of likely N-dealkylation sites (tertiary alicyclic amines) is 1. The maximum absolute atomic E-state index is 14.1. The van der Waals surface area contributed by atoms with E-state index in [0.717, 1.165) is 25.7 Å². The second-order valence-corrected chi connectivity index (χ2v) is 15.0. The fourth-order valence-corrected chi connectivity index (χ4v) is 6.61. The van der Waals surface area contributed by atoms with Crippen molar-refractivity contribution >= 4 is 29.5 Å². The third-order valence-electron chi connectivity index (χ3n) is 9.58. The number of amides is 5. The van der Waals surface area contributed by atoms with Crippen molar-refractivity contribution in [1.82, 2.24) is 20.9 Å². The first-order valence-electron chi connectivity index (χ1n) is 14.8. The van der Waals surface area contributed by atoms with Gasteiger partial charge in [0.15, 0.2) is 0 Å². The van der Waals surface area contributed by atoms with Crippen molar-refractivity contribution < 1.29 is 24.0 Å². The van der Waals surface area contributed by atoms with E-state index in [9.17, 15) is 24.0 Å². The maximum atomic E-state index is 14.1. The fraction of sp³-hybridized carbons (Fsp3) is 0.833. The second-order valence-electron chi connectivity index (χ2n) is 15.0. The van der Waals surface area contributed by atoms with Crippen molar-refractivity contribution in [2.24, 2.45) is 39.7 Å². The molecule has 5 N–H and O–H groups in total. The van der Waals surface area contributed by atoms with Gasteiger partial charge in [0.1, 0.15) is 12.1 Å². The molecule has 0 spiro atoms. The van der Waals surface area contributed by atoms with Crippen LogP contribution in [0.15, 0.2) is 0 Å². The molecule has 3 rings (SSSR count). The summed E-state index contributed by atoms with van der Waals surface area (Å²) in [4.78, 5) is 66.9. The van der Waals surface area contributed by atoms with E-state index in [1.807, 2.05) is 27.7 Å². The van der Waals surface area contributed by atoms with Crippen LogP contribution in [0, 0.1) is 34.0 Å². The zero-order valence-electron chi connectivity index (χ0n) is 25.8. The standard InChI is InChI=1S/C30H51N5O5/c1-10-19(28(2,3)4)33-27(40)34-23(29(5,6)7)26(39)35-15-17-20(30(17,8)9)21(35)25(38)32-18(22(36)24(31)37)14-16-12-11-13-16/h16-21,23H,10-15H2,1-9H3,(H2,31,37)(H,32,38)(H2,33,34,40)/t17-,18?,19+,20-,21-,23+/m0/s1. The minimum absolute atomic E-state index is 0.0794. The number of fused-ring (bicyclic) bond motifs is 1. The predicted molar refractivity (Wildman–Crippen MR) is 153 cm³/mol. The maximum Gasteiger partial charge on any atom is 0.315 e. The molecule has 0 aromatic carbocycles. The van der Waals surface area contributed by atoms with Gasteiger partial charge in [0.25, 0.3) is 5.91 Å². The van der Waals surface area contributed by atoms with Crippen LogP contribution in [0.5, 0.6) is 0 Å². The van der Waals surface area contributed by atoms with Gasteiger partial charge in [-0.1, -0.05) is 81.6 Å². The Morgan fingerprint density at radius 2 is 1.55 bits per heavy atom. The van der Waals surface area contributed by atoms with Crippen LogP contribution in [-0.2, 0) is 19.2 Å². The molecule has 0 radical (unpaired) electrons. The largest absolute Gasteiger partial charge is 0.363 e. The number of urea groups is 1. The van der Waals surface area contributed by atoms with E-state index < -0.39 is 47.2 Å². The van der Waals surface area contributed by atoms with Crippen molar-refractivity contribution in [3.8, 4) is 0 Å². The number of rotatable bonds is 10. The molecule has 1 unspecified atom stereocenters. The first-order valence-corrected chi connectivity index (χ1v) is 14.8. The van der Waals surface area contributed by atoms with Gasteiger partial charge in [-0.25, -0.2) is 4.79 Å². The molecule has 3 aliphatic rings. The number of ketones is 1. The topological polar surface area (TPSA) is 151 Å². The van der Waals surface area contributed by atoms with Crippen LogP contribution in [-0.4, -0.2) is 65.1 Å². The Morgan fingerprint density at radius 3 is 2.00 bits per heavy atom. The molecule has 2 saturated carbocycles. The summed E-state index contributed by atoms with van der Waals surface area (Å²) >= 11 is 0. The molecule has 0 aromatic heterocycles. The number of primary amides is 1. The Kier molecular flexibility index (Phi) is 9.02. The van der Waals surface area contributed by atoms with E-state index >= 15 is 0 Å². The normalized spacial score (nSPS) is 26.0. The van der Waals surface area contributed by atoms with Crippen molar-refractivity contribution in [3.63, 3.8) is 0 Å². The number of nitrogens with zero attached hydrogens (tertiary/aromatic N) is 1. The number of piperidine rings is 1. The average molecular weight is 562 g/mol. The molecule has 0 bridgehead atoms. The molecule has 6 atom stereocenters. The van der Waals surface area contributed by atoms with E-state index in [2.05, 4.69) is 50.6 Å². The average Bonchev–Trinajstić information content (AvgIpc) is 3.14. The summed E-state index contributed by atoms with van der Waals surface area (Å²) in [5.74, 6) is -2.34. The fourth-order valence-electron chi connectivity index (χ4n) is 6.61. The van der Waals surface area contributed by atoms with Crippen LogP contribution in [0.3, 0.4) is 0 Å². The molecule has 1 aliphatic heterocycles. The molecule has 10 nitrogen and oxygen atoms in total. The molecule has 10 heteroatoms. The van der Waals surface area contributed by atoms with Crippen molar-refractivity contribution in [1.29, 1.82) is 0 Å². The smallest absolute Gasteiger partial charge is 0.315 e. The highest BCUT2D eigenvalue weighted by Gasteiger charge is 2.70. The van der Waals surface area contributed by atoms with Crippen molar-refractivity contribution in [2.45, 2.75) is 119 Å². The molecular weight excluding hydrogens is 510 g/mol. The van der Waals surface area contributed by atoms with Crippen LogP contribution >= 0.6 is 0 Å². The number of nitrogens with one attached hydrogen (secondary N) is 3. The molecule has 40 heavy (non-hydrogen) atoms. The molecule has 1 heterocycles. The highest BCUT2D eigenvalue weighted by Crippen LogP contribution is 2.65. The van der Waals surface area contributed by atoms with Gasteiger partial charge in [-0.2, -0.15) is 0 Å². The van der Waals surface area contributed by atoms with Gasteiger partial charge in [0, 0.05) is 12.6 Å². The van der Waals surface area contributed by atoms with Gasteiger partial charge in [-0.15, -0.1) is 0 Å². The molecule has 226 valence electrons. The summed E-state index contributed by atoms with van der Waals surface area (Å²) in [5.41, 5.74) is 4.39. The summed E-state index contributed by atoms with van der Waals surface area (Å²) < 4.78 is 0. The third-order valence-corrected chi connectivity index (χ3v) is 9.58. The van der Waals surface area contributed by atoms with E-state index in [1.165, 1.54) is 0 Å². The predicted octanol–water partition coefficient (Wildman–Crippen LogP) is 2.74. The summed E-state index contributed by atoms with van der Waals surface area (Å²) in [5, 5.41) is 8.73. The van der Waals surface area contributed by atoms with E-state index in [4.69, 9.17) is 5.73 Å². The van der Waals surface area contributed by atoms with Crippen molar-refractivity contribution in [2.75, 3.05) is 6.54 Å². The second kappa shape index (κ2) is 11.3. The van der Waals surface area contributed by atoms with Crippen LogP contribution < -0.4 is 21.7 Å². The lowest BCUT2D eigenvalue weighted by Gasteiger charge is -2.39. The van der Waals surface area contributed by atoms with Crippen LogP contribution in [0.25, 0.3) is 0 Å². The molecule has 3 fully saturated rings. The molecule has 0 aromatic rings. The lowest BCUT2D eigenvalue weighted by molar-refractivity contribution is -0.145. The van der Waals surface area contributed by atoms with Crippen molar-refractivity contribution in [3.05, 3.63) is 0 Å². The first kappa shape index (κ1) is 31.9. The van der Waals surface area contributed by atoms with E-state index in [1.54, 1.807) is 4.90 Å². The zero-order chi connectivity index (χ0) is 30.4. The van der Waals surface area contributed by atoms with Gasteiger partial charge < -0.3 is 26.6 Å². The first-order chi connectivity index (χ1) is 18.3. The van der Waals surface area contributed by atoms with Crippen LogP contribution in [0.4, 0.5) is 4.79 Å². The Balaban J connectivity index is 1.82. The monoisotopic (exact) mass is 561 g/mol. The Labute approximate surface area is 239 Å². The molecule has 1 saturated heterocycles. The Bertz CT molecular complexity index is 1020.